The predicted molar refractivity (Wildman–Crippen MR) is 264 cm³/mol. The maximum absolute atomic E-state index is 13.6. The van der Waals surface area contributed by atoms with Gasteiger partial charge in [0.2, 0.25) is 53.2 Å². The average Bonchev–Trinajstić information content (AvgIpc) is 3.37. The second-order valence-electron chi connectivity index (χ2n) is 19.6. The van der Waals surface area contributed by atoms with Gasteiger partial charge in [-0.15, -0.1) is 0 Å². The average molecular weight is 1150 g/mol. The van der Waals surface area contributed by atoms with Gasteiger partial charge in [0.05, 0.1) is 45.4 Å². The van der Waals surface area contributed by atoms with E-state index < -0.39 is 215 Å². The fraction of sp³-hybridized carbons (Fsp3) is 0.795. The molecular formula is C44H76N10O23S. The molecule has 0 aromatic heterocycles. The van der Waals surface area contributed by atoms with Gasteiger partial charge in [0.1, 0.15) is 97.3 Å². The highest BCUT2D eigenvalue weighted by Crippen LogP contribution is 2.32. The number of aliphatic hydroxyl groups is 9. The van der Waals surface area contributed by atoms with E-state index in [-0.39, 0.29) is 10.5 Å². The van der Waals surface area contributed by atoms with Crippen LogP contribution in [0.25, 0.3) is 0 Å². The van der Waals surface area contributed by atoms with Crippen LogP contribution in [0.1, 0.15) is 54.9 Å². The molecule has 0 aromatic carbocycles. The van der Waals surface area contributed by atoms with Crippen LogP contribution >= 0.6 is 11.8 Å². The molecule has 3 rings (SSSR count). The number of amides is 9. The molecule has 0 saturated carbocycles. The van der Waals surface area contributed by atoms with Crippen LogP contribution < -0.4 is 54.0 Å². The summed E-state index contributed by atoms with van der Waals surface area (Å²) in [5.74, 6) is -8.55. The lowest BCUT2D eigenvalue weighted by molar-refractivity contribution is -0.358. The number of hydrogen-bond donors (Lipinski definition) is 19. The number of carbonyl (C=O) groups excluding carboxylic acids is 9. The first-order chi connectivity index (χ1) is 36.4. The van der Waals surface area contributed by atoms with Crippen LogP contribution in [0.4, 0.5) is 0 Å². The highest BCUT2D eigenvalue weighted by Gasteiger charge is 2.54. The van der Waals surface area contributed by atoms with Crippen molar-refractivity contribution < 1.29 is 113 Å². The molecule has 3 saturated heterocycles. The predicted octanol–water partition coefficient (Wildman–Crippen LogP) is -11.3. The fourth-order valence-corrected chi connectivity index (χ4v) is 8.68. The molecule has 0 aromatic rings. The van der Waals surface area contributed by atoms with Gasteiger partial charge in [-0.05, 0) is 13.8 Å². The first-order valence-electron chi connectivity index (χ1n) is 24.5. The summed E-state index contributed by atoms with van der Waals surface area (Å²) in [7, 11) is 0. The van der Waals surface area contributed by atoms with E-state index >= 15 is 0 Å². The van der Waals surface area contributed by atoms with Gasteiger partial charge in [-0.2, -0.15) is 11.8 Å². The van der Waals surface area contributed by atoms with Gasteiger partial charge < -0.3 is 124 Å². The van der Waals surface area contributed by atoms with Gasteiger partial charge in [0, 0.05) is 24.3 Å². The van der Waals surface area contributed by atoms with E-state index in [1.165, 1.54) is 18.7 Å². The Hall–Kier alpha value is -5.02. The lowest BCUT2D eigenvalue weighted by atomic mass is 9.93. The lowest BCUT2D eigenvalue weighted by Crippen LogP contribution is -2.71. The van der Waals surface area contributed by atoms with E-state index in [0.29, 0.717) is 0 Å². The van der Waals surface area contributed by atoms with Crippen LogP contribution in [0.15, 0.2) is 0 Å². The molecule has 78 heavy (non-hydrogen) atoms. The Labute approximate surface area is 451 Å². The molecule has 0 spiro atoms. The Morgan fingerprint density at radius 2 is 1.08 bits per heavy atom. The van der Waals surface area contributed by atoms with Gasteiger partial charge in [-0.3, -0.25) is 43.2 Å². The number of thioether (sulfide) groups is 1. The van der Waals surface area contributed by atoms with E-state index in [9.17, 15) is 89.1 Å². The highest BCUT2D eigenvalue weighted by atomic mass is 32.2. The third-order valence-corrected chi connectivity index (χ3v) is 13.5. The molecule has 9 amide bonds. The molecule has 0 unspecified atom stereocenters. The summed E-state index contributed by atoms with van der Waals surface area (Å²) in [4.78, 5) is 116. The number of ether oxygens (including phenoxy) is 5. The van der Waals surface area contributed by atoms with E-state index in [1.54, 1.807) is 0 Å². The first kappa shape index (κ1) is 67.3. The number of hydrogen-bond acceptors (Lipinski definition) is 25. The van der Waals surface area contributed by atoms with Crippen LogP contribution in [0, 0.1) is 0 Å². The zero-order chi connectivity index (χ0) is 59.1. The second-order valence-corrected chi connectivity index (χ2v) is 21.4. The number of primary amides is 1. The Morgan fingerprint density at radius 1 is 0.590 bits per heavy atom. The van der Waals surface area contributed by atoms with Crippen molar-refractivity contribution in [3.05, 3.63) is 0 Å². The summed E-state index contributed by atoms with van der Waals surface area (Å²) >= 11 is 1.39. The van der Waals surface area contributed by atoms with Crippen LogP contribution in [0.2, 0.25) is 0 Å². The van der Waals surface area contributed by atoms with Crippen molar-refractivity contribution in [2.75, 3.05) is 38.7 Å². The van der Waals surface area contributed by atoms with Gasteiger partial charge in [0.25, 0.3) is 0 Å². The molecular weight excluding hydrogens is 1070 g/mol. The molecule has 33 nitrogen and oxygen atoms in total. The van der Waals surface area contributed by atoms with E-state index in [2.05, 4.69) is 42.5 Å². The standard InChI is InChI=1S/C44H76N10O23S/c1-15(48-39(71)19(45)14-78-44(5,6)7)37(69)52-20(40(72)49-16(2)38(70)53-21(10-55)36(46)68)8-25(61)47-9-26(62)54-41-27(50-17(3)59)30(64)34(23(12-57)73-41)76-42-28(51-18(4)60)31(65)35(24(13-58)75-42)77-43-33(67)32(66)29(63)22(11-56)74-43/h15-16,19-24,27-35,41-43,55-58,63-67H,8-14,45H2,1-7H3,(H2,46,68)(H,47,61)(H,48,71)(H,49,72)(H,50,59)(H,51,60)(H,52,69)(H,53,70)(H,54,62)/t15-,16-,19-,20-,21-,22+,23+,24+,27+,28+,29+,30+,31+,32-,33-,34+,35+,41+,42-,43-/m0/s1. The first-order valence-corrected chi connectivity index (χ1v) is 25.5. The van der Waals surface area contributed by atoms with Crippen molar-refractivity contribution in [3.8, 4) is 0 Å². The topological polar surface area (TPSA) is 530 Å². The Kier molecular flexibility index (Phi) is 26.3. The molecule has 3 aliphatic heterocycles. The maximum atomic E-state index is 13.6. The Bertz CT molecular complexity index is 2080. The summed E-state index contributed by atoms with van der Waals surface area (Å²) in [5, 5.41) is 113. The lowest BCUT2D eigenvalue weighted by Gasteiger charge is -2.49. The van der Waals surface area contributed by atoms with Crippen LogP contribution in [-0.4, -0.2) is 265 Å². The monoisotopic (exact) mass is 1140 g/mol. The molecule has 446 valence electrons. The van der Waals surface area contributed by atoms with E-state index in [4.69, 9.17) is 35.2 Å². The number of rotatable bonds is 26. The van der Waals surface area contributed by atoms with Gasteiger partial charge in [-0.1, -0.05) is 20.8 Å². The van der Waals surface area contributed by atoms with Crippen LogP contribution in [0.3, 0.4) is 0 Å². The van der Waals surface area contributed by atoms with Crippen LogP contribution in [0.5, 0.6) is 0 Å². The van der Waals surface area contributed by atoms with Gasteiger partial charge in [-0.25, -0.2) is 0 Å². The van der Waals surface area contributed by atoms with Crippen molar-refractivity contribution >= 4 is 64.9 Å². The summed E-state index contributed by atoms with van der Waals surface area (Å²) in [6.45, 7) is 5.59. The minimum Gasteiger partial charge on any atom is -0.394 e. The SMILES string of the molecule is CC(=O)N[C@@H]1[C@@H](O)[C@H](O[C@@H]2O[C@H](CO)[C@@H](O[C@@H]3O[C@H](CO)[C@@H](O)[C@H](O)[C@@H]3O)[C@H](O)[C@H]2NC(C)=O)[C@@H](CO)O[C@H]1NC(=O)CNC(=O)C[C@H](NC(=O)[C@H](C)NC(=O)[C@@H](N)CSC(C)(C)C)C(=O)N[C@@H](C)C(=O)N[C@@H](CO)C(N)=O. The van der Waals surface area contributed by atoms with Gasteiger partial charge in [0.15, 0.2) is 18.8 Å². The molecule has 0 bridgehead atoms. The minimum absolute atomic E-state index is 0.184. The molecule has 0 radical (unpaired) electrons. The van der Waals surface area contributed by atoms with Crippen molar-refractivity contribution in [1.82, 2.24) is 42.5 Å². The fourth-order valence-electron chi connectivity index (χ4n) is 7.85. The summed E-state index contributed by atoms with van der Waals surface area (Å²) in [6, 6.07) is -10.5. The number of aliphatic hydroxyl groups excluding tert-OH is 9. The zero-order valence-electron chi connectivity index (χ0n) is 43.8. The normalized spacial score (nSPS) is 31.1. The molecule has 3 heterocycles. The number of nitrogens with one attached hydrogen (secondary N) is 8. The largest absolute Gasteiger partial charge is 0.394 e. The molecule has 20 atom stereocenters. The smallest absolute Gasteiger partial charge is 0.243 e. The minimum atomic E-state index is -1.97. The molecule has 0 aliphatic carbocycles. The third kappa shape index (κ3) is 19.4. The van der Waals surface area contributed by atoms with E-state index in [1.807, 2.05) is 20.8 Å². The Balaban J connectivity index is 1.79. The molecule has 34 heteroatoms. The maximum Gasteiger partial charge on any atom is 0.243 e. The molecule has 3 fully saturated rings. The van der Waals surface area contributed by atoms with E-state index in [0.717, 1.165) is 20.8 Å². The molecule has 21 N–H and O–H groups in total. The van der Waals surface area contributed by atoms with Gasteiger partial charge >= 0.3 is 0 Å². The van der Waals surface area contributed by atoms with Crippen molar-refractivity contribution in [1.29, 1.82) is 0 Å². The second kappa shape index (κ2) is 30.5. The number of carbonyl (C=O) groups is 9. The highest BCUT2D eigenvalue weighted by molar-refractivity contribution is 8.00. The third-order valence-electron chi connectivity index (χ3n) is 12.1. The quantitative estimate of drug-likeness (QED) is 0.0382. The van der Waals surface area contributed by atoms with Crippen molar-refractivity contribution in [3.63, 3.8) is 0 Å². The number of nitrogens with two attached hydrogens (primary N) is 2. The van der Waals surface area contributed by atoms with Crippen molar-refractivity contribution in [2.45, 2.75) is 182 Å². The van der Waals surface area contributed by atoms with Crippen LogP contribution in [-0.2, 0) is 66.8 Å². The summed E-state index contributed by atoms with van der Waals surface area (Å²) in [6.07, 6.45) is -24.1. The summed E-state index contributed by atoms with van der Waals surface area (Å²) < 4.78 is 28.5. The molecule has 3 aliphatic rings. The van der Waals surface area contributed by atoms with Crippen molar-refractivity contribution in [2.24, 2.45) is 11.5 Å². The summed E-state index contributed by atoms with van der Waals surface area (Å²) in [5.41, 5.74) is 11.2. The zero-order valence-corrected chi connectivity index (χ0v) is 44.6. The Morgan fingerprint density at radius 3 is 1.59 bits per heavy atom.